The van der Waals surface area contributed by atoms with Crippen molar-refractivity contribution >= 4 is 17.1 Å². The van der Waals surface area contributed by atoms with Crippen LogP contribution in [-0.4, -0.2) is 0 Å². The molecular formula is C58H41N. The molecule has 0 fully saturated rings. The van der Waals surface area contributed by atoms with E-state index in [0.717, 1.165) is 50.4 Å². The Bertz CT molecular complexity index is 3510. The number of rotatable bonds is 5. The van der Waals surface area contributed by atoms with Crippen LogP contribution in [0.2, 0.25) is 0 Å². The highest BCUT2D eigenvalue weighted by Crippen LogP contribution is 2.64. The van der Waals surface area contributed by atoms with E-state index in [9.17, 15) is 5.48 Å². The van der Waals surface area contributed by atoms with Crippen LogP contribution in [0.3, 0.4) is 0 Å². The van der Waals surface area contributed by atoms with E-state index in [-0.39, 0.29) is 51.8 Å². The van der Waals surface area contributed by atoms with Crippen LogP contribution >= 0.6 is 0 Å². The summed E-state index contributed by atoms with van der Waals surface area (Å²) in [6.45, 7) is 4.59. The van der Waals surface area contributed by atoms with Gasteiger partial charge in [-0.2, -0.15) is 0 Å². The van der Waals surface area contributed by atoms with E-state index in [2.05, 4.69) is 140 Å². The van der Waals surface area contributed by atoms with Gasteiger partial charge in [0, 0.05) is 22.5 Å². The quantitative estimate of drug-likeness (QED) is 0.169. The average Bonchev–Trinajstić information content (AvgIpc) is 3.93. The number of benzene rings is 9. The molecule has 0 saturated carbocycles. The summed E-state index contributed by atoms with van der Waals surface area (Å²) in [5.41, 5.74) is 14.3. The number of anilines is 3. The van der Waals surface area contributed by atoms with Gasteiger partial charge >= 0.3 is 0 Å². The zero-order valence-corrected chi connectivity index (χ0v) is 32.5. The minimum Gasteiger partial charge on any atom is -0.310 e. The Kier molecular flexibility index (Phi) is 5.71. The molecule has 0 bridgehead atoms. The second kappa shape index (κ2) is 12.6. The van der Waals surface area contributed by atoms with Gasteiger partial charge in [0.1, 0.15) is 0 Å². The summed E-state index contributed by atoms with van der Waals surface area (Å²) in [4.78, 5) is 2.30. The molecule has 278 valence electrons. The van der Waals surface area contributed by atoms with E-state index in [1.807, 2.05) is 42.5 Å². The molecule has 59 heavy (non-hydrogen) atoms. The first-order valence-electron chi connectivity index (χ1n) is 24.1. The molecule has 12 rings (SSSR count). The molecule has 9 aromatic rings. The first kappa shape index (κ1) is 26.7. The third-order valence-corrected chi connectivity index (χ3v) is 12.9. The normalized spacial score (nSPS) is 16.1. The van der Waals surface area contributed by atoms with Crippen LogP contribution in [0.25, 0.3) is 55.6 Å². The van der Waals surface area contributed by atoms with Gasteiger partial charge in [-0.15, -0.1) is 0 Å². The lowest BCUT2D eigenvalue weighted by Gasteiger charge is -2.30. The van der Waals surface area contributed by atoms with Gasteiger partial charge in [-0.1, -0.05) is 190 Å². The molecule has 0 saturated heterocycles. The summed E-state index contributed by atoms with van der Waals surface area (Å²) < 4.78 is 72.5. The van der Waals surface area contributed by atoms with Crippen molar-refractivity contribution in [2.75, 3.05) is 4.90 Å². The van der Waals surface area contributed by atoms with E-state index in [1.54, 1.807) is 0 Å². The van der Waals surface area contributed by atoms with Crippen molar-refractivity contribution in [2.24, 2.45) is 0 Å². The largest absolute Gasteiger partial charge is 0.310 e. The van der Waals surface area contributed by atoms with E-state index in [0.29, 0.717) is 11.1 Å². The van der Waals surface area contributed by atoms with E-state index in [1.165, 1.54) is 22.3 Å². The van der Waals surface area contributed by atoms with E-state index in [4.69, 9.17) is 5.48 Å². The summed E-state index contributed by atoms with van der Waals surface area (Å²) >= 11 is 0. The molecule has 1 heteroatoms. The minimum atomic E-state index is -1.46. The molecule has 0 aromatic heterocycles. The Hall–Kier alpha value is -7.22. The molecule has 0 aliphatic heterocycles. The maximum absolute atomic E-state index is 9.47. The summed E-state index contributed by atoms with van der Waals surface area (Å²) in [7, 11) is 0. The molecule has 3 aliphatic carbocycles. The standard InChI is InChI=1S/C58H41N/c1-57(2)50-22-10-6-17-45(50)48-36-35-43(37-55(48)57)59(41-31-27-39(28-32-41)38-15-4-3-5-16-38)42-33-29-40(30-34-42)44-21-14-26-54-56(44)49-20-9-13-25-53(49)58(54)51-23-11-7-18-46(51)47-19-8-12-24-52(47)58/h3-37H,1-2H3/i7D,8D,11D,12D,18D,19D,23D,24D. The lowest BCUT2D eigenvalue weighted by Crippen LogP contribution is -2.25. The fraction of sp³-hybridized carbons (Fsp3) is 0.0690. The van der Waals surface area contributed by atoms with Crippen LogP contribution in [0.4, 0.5) is 17.1 Å². The van der Waals surface area contributed by atoms with Crippen LogP contribution < -0.4 is 4.90 Å². The van der Waals surface area contributed by atoms with Crippen LogP contribution in [0.15, 0.2) is 212 Å². The lowest BCUT2D eigenvalue weighted by molar-refractivity contribution is 0.660. The van der Waals surface area contributed by atoms with Gasteiger partial charge in [-0.05, 0) is 125 Å². The van der Waals surface area contributed by atoms with E-state index >= 15 is 0 Å². The molecule has 1 spiro atoms. The lowest BCUT2D eigenvalue weighted by atomic mass is 9.70. The molecule has 0 radical (unpaired) electrons. The van der Waals surface area contributed by atoms with Gasteiger partial charge < -0.3 is 4.90 Å². The number of hydrogen-bond acceptors (Lipinski definition) is 1. The van der Waals surface area contributed by atoms with E-state index < -0.39 is 29.6 Å². The van der Waals surface area contributed by atoms with Crippen molar-refractivity contribution in [1.82, 2.24) is 0 Å². The van der Waals surface area contributed by atoms with Crippen LogP contribution in [0, 0.1) is 0 Å². The Labute approximate surface area is 357 Å². The predicted molar refractivity (Wildman–Crippen MR) is 246 cm³/mol. The van der Waals surface area contributed by atoms with Crippen LogP contribution in [0.5, 0.6) is 0 Å². The molecule has 0 heterocycles. The maximum atomic E-state index is 9.47. The molecule has 0 amide bonds. The zero-order chi connectivity index (χ0) is 46.3. The van der Waals surface area contributed by atoms with Crippen molar-refractivity contribution in [2.45, 2.75) is 24.7 Å². The van der Waals surface area contributed by atoms with Gasteiger partial charge in [-0.25, -0.2) is 0 Å². The fourth-order valence-electron chi connectivity index (χ4n) is 10.3. The highest BCUT2D eigenvalue weighted by Gasteiger charge is 2.52. The van der Waals surface area contributed by atoms with Crippen molar-refractivity contribution < 1.29 is 11.0 Å². The van der Waals surface area contributed by atoms with Gasteiger partial charge in [0.15, 0.2) is 0 Å². The highest BCUT2D eigenvalue weighted by molar-refractivity contribution is 6.00. The van der Waals surface area contributed by atoms with Crippen LogP contribution in [-0.2, 0) is 10.8 Å². The second-order valence-electron chi connectivity index (χ2n) is 16.2. The third kappa shape index (κ3) is 4.73. The molecule has 0 unspecified atom stereocenters. The molecular weight excluding hydrogens is 711 g/mol. The Balaban J connectivity index is 1.05. The van der Waals surface area contributed by atoms with Gasteiger partial charge in [0.05, 0.1) is 16.4 Å². The van der Waals surface area contributed by atoms with Crippen molar-refractivity contribution in [3.8, 4) is 55.6 Å². The SMILES string of the molecule is [2H]c1c([2H])c([2H])c2c(c1[2H])-c1c([2H])c([2H])c([2H])c([2H])c1C21c2ccccc2-c2c(-c3ccc(N(c4ccc(-c5ccccc5)cc4)c4ccc5c(c4)C(C)(C)c4ccccc4-5)cc3)cccc21. The molecule has 0 N–H and O–H groups in total. The summed E-state index contributed by atoms with van der Waals surface area (Å²) in [6.07, 6.45) is 0. The van der Waals surface area contributed by atoms with Crippen molar-refractivity contribution in [1.29, 1.82) is 0 Å². The summed E-state index contributed by atoms with van der Waals surface area (Å²) in [6, 6.07) is 53.8. The molecule has 1 nitrogen and oxygen atoms in total. The van der Waals surface area contributed by atoms with Crippen molar-refractivity contribution in [3.05, 3.63) is 246 Å². The number of nitrogens with zero attached hydrogens (tertiary/aromatic N) is 1. The Morgan fingerprint density at radius 1 is 0.356 bits per heavy atom. The molecule has 9 aromatic carbocycles. The number of hydrogen-bond donors (Lipinski definition) is 0. The molecule has 3 aliphatic rings. The second-order valence-corrected chi connectivity index (χ2v) is 16.2. The van der Waals surface area contributed by atoms with Gasteiger partial charge in [0.25, 0.3) is 0 Å². The Morgan fingerprint density at radius 3 is 1.56 bits per heavy atom. The summed E-state index contributed by atoms with van der Waals surface area (Å²) in [5, 5.41) is 0. The first-order chi connectivity index (χ1) is 32.3. The fourth-order valence-corrected chi connectivity index (χ4v) is 10.3. The van der Waals surface area contributed by atoms with Crippen molar-refractivity contribution in [3.63, 3.8) is 0 Å². The third-order valence-electron chi connectivity index (χ3n) is 12.9. The zero-order valence-electron chi connectivity index (χ0n) is 40.5. The van der Waals surface area contributed by atoms with Gasteiger partial charge in [0.2, 0.25) is 0 Å². The topological polar surface area (TPSA) is 3.24 Å². The maximum Gasteiger partial charge on any atom is 0.0725 e. The molecule has 0 atom stereocenters. The number of fused-ring (bicyclic) bond motifs is 13. The summed E-state index contributed by atoms with van der Waals surface area (Å²) in [5.74, 6) is 0. The van der Waals surface area contributed by atoms with Gasteiger partial charge in [-0.3, -0.25) is 0 Å². The minimum absolute atomic E-state index is 0.112. The Morgan fingerprint density at radius 2 is 0.864 bits per heavy atom. The van der Waals surface area contributed by atoms with Crippen LogP contribution in [0.1, 0.15) is 58.2 Å². The smallest absolute Gasteiger partial charge is 0.0725 e. The first-order valence-corrected chi connectivity index (χ1v) is 20.1. The monoisotopic (exact) mass is 759 g/mol. The average molecular weight is 760 g/mol. The predicted octanol–water partition coefficient (Wildman–Crippen LogP) is 15.1. The highest BCUT2D eigenvalue weighted by atomic mass is 15.1.